The molecule has 0 spiro atoms. The number of hydrogen-bond acceptors (Lipinski definition) is 5. The van der Waals surface area contributed by atoms with Crippen molar-refractivity contribution in [1.82, 2.24) is 14.8 Å². The second-order valence-corrected chi connectivity index (χ2v) is 6.59. The molecule has 0 aliphatic heterocycles. The Hall–Kier alpha value is -3.59. The van der Waals surface area contributed by atoms with Gasteiger partial charge in [-0.3, -0.25) is 0 Å². The standard InChI is InChI=1S/C22H18F2N4O2/c1-16(30-10-2-3-17-4-6-18(12-25)7-5-17)22(29,13-28-15-26-14-27-28)20-9-8-19(23)11-21(20)24/h4-9,11,14-16,29H,10,13H2,1H3/t16-,22-/m1/s1. The second-order valence-electron chi connectivity index (χ2n) is 6.59. The number of halogens is 2. The van der Waals surface area contributed by atoms with E-state index in [-0.39, 0.29) is 18.7 Å². The van der Waals surface area contributed by atoms with Gasteiger partial charge in [-0.2, -0.15) is 10.4 Å². The maximum Gasteiger partial charge on any atom is 0.138 e. The Morgan fingerprint density at radius 1 is 1.20 bits per heavy atom. The molecule has 8 heteroatoms. The number of hydrogen-bond donors (Lipinski definition) is 1. The fourth-order valence-electron chi connectivity index (χ4n) is 2.91. The first-order valence-corrected chi connectivity index (χ1v) is 9.03. The smallest absolute Gasteiger partial charge is 0.138 e. The molecule has 0 unspecified atom stereocenters. The van der Waals surface area contributed by atoms with E-state index in [1.54, 1.807) is 31.2 Å². The van der Waals surface area contributed by atoms with Crippen LogP contribution in [0.25, 0.3) is 0 Å². The molecular formula is C22H18F2N4O2. The Balaban J connectivity index is 1.77. The zero-order chi connectivity index (χ0) is 21.6. The zero-order valence-electron chi connectivity index (χ0n) is 16.1. The summed E-state index contributed by atoms with van der Waals surface area (Å²) in [6.45, 7) is 1.38. The van der Waals surface area contributed by atoms with Gasteiger partial charge in [-0.15, -0.1) is 0 Å². The molecule has 0 bridgehead atoms. The summed E-state index contributed by atoms with van der Waals surface area (Å²) >= 11 is 0. The summed E-state index contributed by atoms with van der Waals surface area (Å²) in [5.74, 6) is 4.07. The lowest BCUT2D eigenvalue weighted by atomic mass is 9.88. The highest BCUT2D eigenvalue weighted by molar-refractivity contribution is 5.39. The Bertz CT molecular complexity index is 1100. The lowest BCUT2D eigenvalue weighted by Crippen LogP contribution is -2.44. The lowest BCUT2D eigenvalue weighted by Gasteiger charge is -2.34. The molecule has 2 atom stereocenters. The van der Waals surface area contributed by atoms with Crippen LogP contribution in [0.5, 0.6) is 0 Å². The third kappa shape index (κ3) is 4.87. The molecule has 1 N–H and O–H groups in total. The van der Waals surface area contributed by atoms with Crippen LogP contribution in [0.1, 0.15) is 23.6 Å². The van der Waals surface area contributed by atoms with Gasteiger partial charge in [0, 0.05) is 17.2 Å². The molecule has 1 aromatic heterocycles. The number of benzene rings is 2. The normalized spacial score (nSPS) is 13.6. The van der Waals surface area contributed by atoms with Crippen LogP contribution in [0.4, 0.5) is 8.78 Å². The van der Waals surface area contributed by atoms with Crippen molar-refractivity contribution in [3.8, 4) is 17.9 Å². The minimum atomic E-state index is -1.85. The molecule has 152 valence electrons. The first-order valence-electron chi connectivity index (χ1n) is 9.03. The Morgan fingerprint density at radius 3 is 2.57 bits per heavy atom. The van der Waals surface area contributed by atoms with Crippen molar-refractivity contribution < 1.29 is 18.6 Å². The first kappa shape index (κ1) is 21.1. The van der Waals surface area contributed by atoms with Gasteiger partial charge >= 0.3 is 0 Å². The number of rotatable bonds is 6. The zero-order valence-corrected chi connectivity index (χ0v) is 16.1. The molecule has 2 aromatic carbocycles. The lowest BCUT2D eigenvalue weighted by molar-refractivity contribution is -0.111. The van der Waals surface area contributed by atoms with Crippen LogP contribution >= 0.6 is 0 Å². The molecule has 0 amide bonds. The molecule has 6 nitrogen and oxygen atoms in total. The summed E-state index contributed by atoms with van der Waals surface area (Å²) in [6, 6.07) is 11.7. The van der Waals surface area contributed by atoms with Crippen molar-refractivity contribution in [2.24, 2.45) is 0 Å². The van der Waals surface area contributed by atoms with E-state index in [4.69, 9.17) is 10.00 Å². The topological polar surface area (TPSA) is 84.0 Å². The minimum Gasteiger partial charge on any atom is -0.380 e. The van der Waals surface area contributed by atoms with E-state index in [9.17, 15) is 13.9 Å². The molecule has 0 aliphatic carbocycles. The van der Waals surface area contributed by atoms with Crippen LogP contribution in [0.2, 0.25) is 0 Å². The van der Waals surface area contributed by atoms with Crippen LogP contribution in [0, 0.1) is 34.8 Å². The van der Waals surface area contributed by atoms with E-state index < -0.39 is 23.3 Å². The average molecular weight is 408 g/mol. The second kappa shape index (κ2) is 9.27. The Labute approximate surface area is 172 Å². The maximum absolute atomic E-state index is 14.5. The quantitative estimate of drug-likeness (QED) is 0.634. The molecule has 0 radical (unpaired) electrons. The van der Waals surface area contributed by atoms with Crippen molar-refractivity contribution in [2.75, 3.05) is 6.61 Å². The molecular weight excluding hydrogens is 390 g/mol. The highest BCUT2D eigenvalue weighted by Crippen LogP contribution is 2.31. The van der Waals surface area contributed by atoms with Gasteiger partial charge in [-0.25, -0.2) is 18.4 Å². The van der Waals surface area contributed by atoms with Crippen LogP contribution in [0.15, 0.2) is 55.1 Å². The Morgan fingerprint density at radius 2 is 1.93 bits per heavy atom. The molecule has 30 heavy (non-hydrogen) atoms. The van der Waals surface area contributed by atoms with E-state index in [1.807, 2.05) is 6.07 Å². The Kier molecular flexibility index (Phi) is 6.53. The largest absolute Gasteiger partial charge is 0.380 e. The van der Waals surface area contributed by atoms with Crippen LogP contribution < -0.4 is 0 Å². The molecule has 3 aromatic rings. The number of ether oxygens (including phenoxy) is 1. The fourth-order valence-corrected chi connectivity index (χ4v) is 2.91. The van der Waals surface area contributed by atoms with Gasteiger partial charge < -0.3 is 9.84 Å². The average Bonchev–Trinajstić information content (AvgIpc) is 3.24. The third-order valence-electron chi connectivity index (χ3n) is 4.59. The summed E-state index contributed by atoms with van der Waals surface area (Å²) in [6.07, 6.45) is 1.76. The van der Waals surface area contributed by atoms with Crippen molar-refractivity contribution in [3.63, 3.8) is 0 Å². The molecule has 0 saturated carbocycles. The number of aromatic nitrogens is 3. The third-order valence-corrected chi connectivity index (χ3v) is 4.59. The van der Waals surface area contributed by atoms with Gasteiger partial charge in [-0.05, 0) is 37.3 Å². The van der Waals surface area contributed by atoms with Crippen LogP contribution in [-0.2, 0) is 16.9 Å². The van der Waals surface area contributed by atoms with Crippen molar-refractivity contribution in [2.45, 2.75) is 25.2 Å². The van der Waals surface area contributed by atoms with Gasteiger partial charge in [0.05, 0.1) is 24.3 Å². The van der Waals surface area contributed by atoms with Gasteiger partial charge in [0.25, 0.3) is 0 Å². The summed E-state index contributed by atoms with van der Waals surface area (Å²) in [5, 5.41) is 24.1. The van der Waals surface area contributed by atoms with E-state index in [1.165, 1.54) is 23.4 Å². The van der Waals surface area contributed by atoms with Gasteiger partial charge in [0.1, 0.15) is 36.5 Å². The highest BCUT2D eigenvalue weighted by Gasteiger charge is 2.40. The van der Waals surface area contributed by atoms with Crippen LogP contribution in [0.3, 0.4) is 0 Å². The molecule has 0 aliphatic rings. The monoisotopic (exact) mass is 408 g/mol. The highest BCUT2D eigenvalue weighted by atomic mass is 19.1. The SMILES string of the molecule is C[C@@H](OCC#Cc1ccc(C#N)cc1)[C@](O)(Cn1cncn1)c1ccc(F)cc1F. The fraction of sp³-hybridized carbons (Fsp3) is 0.227. The summed E-state index contributed by atoms with van der Waals surface area (Å²) < 4.78 is 34.8. The van der Waals surface area contributed by atoms with Gasteiger partial charge in [-0.1, -0.05) is 17.9 Å². The van der Waals surface area contributed by atoms with E-state index in [2.05, 4.69) is 21.9 Å². The first-order chi connectivity index (χ1) is 14.4. The van der Waals surface area contributed by atoms with Gasteiger partial charge in [0.15, 0.2) is 0 Å². The number of nitrogens with zero attached hydrogens (tertiary/aromatic N) is 4. The van der Waals surface area contributed by atoms with Crippen molar-refractivity contribution >= 4 is 0 Å². The predicted molar refractivity (Wildman–Crippen MR) is 104 cm³/mol. The number of nitriles is 1. The van der Waals surface area contributed by atoms with E-state index >= 15 is 0 Å². The molecule has 0 fully saturated rings. The summed E-state index contributed by atoms with van der Waals surface area (Å²) in [5.41, 5.74) is -0.730. The van der Waals surface area contributed by atoms with Crippen molar-refractivity contribution in [1.29, 1.82) is 5.26 Å². The summed E-state index contributed by atoms with van der Waals surface area (Å²) in [7, 11) is 0. The van der Waals surface area contributed by atoms with E-state index in [0.717, 1.165) is 6.07 Å². The number of aliphatic hydroxyl groups is 1. The maximum atomic E-state index is 14.5. The van der Waals surface area contributed by atoms with Crippen LogP contribution in [-0.4, -0.2) is 32.6 Å². The van der Waals surface area contributed by atoms with Gasteiger partial charge in [0.2, 0.25) is 0 Å². The molecule has 1 heterocycles. The molecule has 3 rings (SSSR count). The van der Waals surface area contributed by atoms with Crippen molar-refractivity contribution in [3.05, 3.63) is 83.4 Å². The summed E-state index contributed by atoms with van der Waals surface area (Å²) in [4.78, 5) is 3.82. The predicted octanol–water partition coefficient (Wildman–Crippen LogP) is 2.77. The molecule has 0 saturated heterocycles. The van der Waals surface area contributed by atoms with E-state index in [0.29, 0.717) is 17.2 Å². The minimum absolute atomic E-state index is 0.0380.